The number of nitrogens with one attached hydrogen (secondary N) is 6. The average molecular weight is 2000 g/mol. The van der Waals surface area contributed by atoms with Crippen LogP contribution >= 0.6 is 23.2 Å². The number of rotatable bonds is 24. The lowest BCUT2D eigenvalue weighted by molar-refractivity contribution is 0.0482. The zero-order chi connectivity index (χ0) is 99.8. The molecule has 6 aliphatic rings. The molecule has 16 rings (SSSR count). The number of carbonyl (C=O) groups is 2. The van der Waals surface area contributed by atoms with E-state index in [1.807, 2.05) is 143 Å². The SMILES string of the molecule is CC(C)(C)OC(=O)NCc1cn[nH]c1.COc1ccc(CCl)cc1.COc1ccc(Cn2cc(CNC(=O)OC(C)(C)C)cn2)cc1.COc1ccc(Cn2cc(CNc3nc4c(c(C(C)(C)S(C)(=O)=O)n3)OC[C@@H]3COC[C@@H](C)N43)cn2)cc1.C[C@@H]1COC[C@H]2COc3c(nc(Cl)nc3C(C)(C)S(C)(=O)=O)N21.C[C@@H]1COC[C@H]2COc3c(nc(NCc4cn[nH]c4)nc3C(C)(C)S(C)(=O)=O)N21. The van der Waals surface area contributed by atoms with Crippen molar-refractivity contribution in [1.82, 2.24) is 80.5 Å². The van der Waals surface area contributed by atoms with Gasteiger partial charge in [0.25, 0.3) is 0 Å². The van der Waals surface area contributed by atoms with Crippen LogP contribution in [-0.4, -0.2) is 254 Å². The highest BCUT2D eigenvalue weighted by Gasteiger charge is 2.48. The van der Waals surface area contributed by atoms with Gasteiger partial charge in [0.05, 0.1) is 135 Å². The van der Waals surface area contributed by atoms with Crippen LogP contribution in [0.3, 0.4) is 0 Å². The van der Waals surface area contributed by atoms with Crippen LogP contribution in [0.15, 0.2) is 122 Å². The molecule has 45 heteroatoms. The van der Waals surface area contributed by atoms with Crippen LogP contribution in [0.25, 0.3) is 0 Å². The van der Waals surface area contributed by atoms with Crippen LogP contribution in [0.5, 0.6) is 34.5 Å². The number of alkyl carbamates (subject to hydrolysis) is 2. The monoisotopic (exact) mass is 2000 g/mol. The molecule has 2 amide bonds. The highest BCUT2D eigenvalue weighted by Crippen LogP contribution is 2.48. The zero-order valence-corrected chi connectivity index (χ0v) is 85.2. The third-order valence-corrected chi connectivity index (χ3v) is 29.6. The van der Waals surface area contributed by atoms with Crippen LogP contribution < -0.4 is 64.4 Å². The van der Waals surface area contributed by atoms with E-state index in [9.17, 15) is 34.8 Å². The molecule has 137 heavy (non-hydrogen) atoms. The number of hydrogen-bond acceptors (Lipinski definition) is 34. The van der Waals surface area contributed by atoms with Crippen molar-refractivity contribution in [2.45, 2.75) is 211 Å². The molecule has 7 aromatic heterocycles. The van der Waals surface area contributed by atoms with Crippen LogP contribution in [0.1, 0.15) is 160 Å². The van der Waals surface area contributed by atoms with Crippen molar-refractivity contribution < 1.29 is 86.9 Å². The van der Waals surface area contributed by atoms with Crippen molar-refractivity contribution in [3.05, 3.63) is 184 Å². The Bertz CT molecular complexity index is 6010. The molecule has 10 aromatic rings. The van der Waals surface area contributed by atoms with Gasteiger partial charge in [-0.1, -0.05) is 36.4 Å². The Kier molecular flexibility index (Phi) is 35.0. The minimum absolute atomic E-state index is 0.000572. The molecule has 40 nitrogen and oxygen atoms in total. The minimum Gasteiger partial charge on any atom is -0.497 e. The lowest BCUT2D eigenvalue weighted by atomic mass is 10.0. The molecule has 3 saturated heterocycles. The second-order valence-electron chi connectivity index (χ2n) is 37.1. The van der Waals surface area contributed by atoms with E-state index in [0.29, 0.717) is 168 Å². The Morgan fingerprint density at radius 2 is 0.745 bits per heavy atom. The number of nitrogens with zero attached hydrogens (tertiary/aromatic N) is 15. The van der Waals surface area contributed by atoms with Crippen LogP contribution in [-0.2, 0) is 113 Å². The molecule has 6 N–H and O–H groups in total. The Morgan fingerprint density at radius 3 is 1.07 bits per heavy atom. The summed E-state index contributed by atoms with van der Waals surface area (Å²) in [6, 6.07) is 23.7. The molecule has 0 unspecified atom stereocenters. The zero-order valence-electron chi connectivity index (χ0n) is 81.3. The summed E-state index contributed by atoms with van der Waals surface area (Å²) in [6.07, 6.45) is 17.0. The number of H-pyrrole nitrogens is 2. The van der Waals surface area contributed by atoms with Crippen LogP contribution in [0.2, 0.25) is 5.28 Å². The molecular formula is C92H127Cl2N21O19S3. The van der Waals surface area contributed by atoms with E-state index < -0.39 is 67.1 Å². The second-order valence-corrected chi connectivity index (χ2v) is 45.4. The summed E-state index contributed by atoms with van der Waals surface area (Å²) in [6.45, 7) is 34.3. The van der Waals surface area contributed by atoms with E-state index >= 15 is 0 Å². The average Bonchev–Trinajstić information content (AvgIpc) is 0.988. The number of morpholine rings is 3. The molecule has 746 valence electrons. The Balaban J connectivity index is 0.000000165. The number of fused-ring (bicyclic) bond motifs is 9. The second kappa shape index (κ2) is 45.3. The maximum absolute atomic E-state index is 12.8. The highest BCUT2D eigenvalue weighted by atomic mass is 35.5. The minimum atomic E-state index is -3.51. The number of amides is 2. The topological polar surface area (TPSA) is 466 Å². The summed E-state index contributed by atoms with van der Waals surface area (Å²) in [5, 5.41) is 33.7. The Morgan fingerprint density at radius 1 is 0.423 bits per heavy atom. The molecule has 0 radical (unpaired) electrons. The number of benzene rings is 3. The lowest BCUT2D eigenvalue weighted by Gasteiger charge is -2.45. The van der Waals surface area contributed by atoms with Crippen molar-refractivity contribution in [1.29, 1.82) is 0 Å². The van der Waals surface area contributed by atoms with Gasteiger partial charge in [-0.25, -0.2) is 49.8 Å². The van der Waals surface area contributed by atoms with E-state index in [-0.39, 0.29) is 41.5 Å². The highest BCUT2D eigenvalue weighted by molar-refractivity contribution is 7.92. The fourth-order valence-corrected chi connectivity index (χ4v) is 16.5. The normalized spacial score (nSPS) is 17.8. The molecule has 0 saturated carbocycles. The first kappa shape index (κ1) is 106. The molecule has 6 atom stereocenters. The molecule has 0 aliphatic carbocycles. The van der Waals surface area contributed by atoms with Gasteiger partial charge < -0.3 is 88.1 Å². The van der Waals surface area contributed by atoms with E-state index in [1.54, 1.807) is 100 Å². The number of ether oxygens (including phenoxy) is 11. The largest absolute Gasteiger partial charge is 0.497 e. The fraction of sp³-hybridized carbons (Fsp3) is 0.522. The molecule has 0 bridgehead atoms. The molecular weight excluding hydrogens is 1870 g/mol. The number of aromatic nitrogens is 14. The first-order chi connectivity index (χ1) is 64.6. The summed E-state index contributed by atoms with van der Waals surface area (Å²) in [7, 11) is -5.45. The van der Waals surface area contributed by atoms with Gasteiger partial charge in [0.15, 0.2) is 64.2 Å². The first-order valence-corrected chi connectivity index (χ1v) is 51.0. The van der Waals surface area contributed by atoms with Gasteiger partial charge in [0, 0.05) is 97.9 Å². The van der Waals surface area contributed by atoms with E-state index in [0.717, 1.165) is 56.2 Å². The third-order valence-electron chi connectivity index (χ3n) is 23.0. The molecule has 3 aromatic carbocycles. The number of anilines is 5. The third kappa shape index (κ3) is 27.9. The number of methoxy groups -OCH3 is 3. The van der Waals surface area contributed by atoms with E-state index in [1.165, 1.54) is 18.8 Å². The van der Waals surface area contributed by atoms with Crippen molar-refractivity contribution >= 4 is 94.3 Å². The first-order valence-electron chi connectivity index (χ1n) is 44.4. The van der Waals surface area contributed by atoms with Gasteiger partial charge in [0.2, 0.25) is 17.2 Å². The maximum Gasteiger partial charge on any atom is 0.407 e. The van der Waals surface area contributed by atoms with Crippen molar-refractivity contribution in [2.75, 3.05) is 125 Å². The molecule has 0 spiro atoms. The molecule has 13 heterocycles. The van der Waals surface area contributed by atoms with Crippen LogP contribution in [0, 0.1) is 0 Å². The maximum atomic E-state index is 12.8. The van der Waals surface area contributed by atoms with E-state index in [2.05, 4.69) is 100 Å². The van der Waals surface area contributed by atoms with Gasteiger partial charge >= 0.3 is 12.2 Å². The summed E-state index contributed by atoms with van der Waals surface area (Å²) < 4.78 is 135. The number of hydrogen-bond donors (Lipinski definition) is 6. The molecule has 3 fully saturated rings. The molecule has 6 aliphatic heterocycles. The van der Waals surface area contributed by atoms with Crippen LogP contribution in [0.4, 0.5) is 38.9 Å². The Hall–Kier alpha value is -11.6. The summed E-state index contributed by atoms with van der Waals surface area (Å²) >= 11 is 11.7. The fourth-order valence-electron chi connectivity index (χ4n) is 14.7. The standard InChI is InChI=1S/C26H34N6O5S.C18H26N6O4S.C17H23N3O3.C14H20ClN3O4S.C9H15N3O2.C8H9ClO/c1-17-14-36-15-20-16-37-22-23(26(2,3)38(5,33)34)29-25(30-24(22)32(17)20)27-10-19-11-28-31(13-19)12-18-6-8-21(35-4)9-7-18;1-11-8-27-9-13-10-28-14-15(18(2,3)29(4,25)26)22-17(23-16(14)24(11)13)19-5-12-6-20-21-7-12;1-17(2,3)23-16(21)18-9-14-10-19-20(12-14)11-13-5-7-15(22-4)8-6-13;1-8-5-21-6-9-7-22-10-11(14(2,3)23(4,19)20)16-13(15)17-12(10)18(8)9;1-9(2,3)14-8(13)10-4-7-5-11-12-6-7;1-10-8-4-2-7(6-9)3-5-8/h6-9,11,13,17,20H,10,12,14-16H2,1-5H3,(H,27,29,30);6-7,11,13H,5,8-10H2,1-4H3,(H,20,21)(H,19,22,23);5-8,10,12H,9,11H2,1-4H3,(H,18,21);8-9H,5-7H2,1-4H3;5-6H,4H2,1-3H3,(H,10,13)(H,11,12);2-5H,6H2,1H3/t17-,20+;11-,13+;;8-,9+;;/m11.1../s1. The van der Waals surface area contributed by atoms with Gasteiger partial charge in [-0.05, 0) is 169 Å². The van der Waals surface area contributed by atoms with Gasteiger partial charge in [-0.3, -0.25) is 19.6 Å². The predicted octanol–water partition coefficient (Wildman–Crippen LogP) is 11.9. The number of carbonyl (C=O) groups excluding carboxylic acids is 2. The summed E-state index contributed by atoms with van der Waals surface area (Å²) in [5.74, 6) is 6.74. The van der Waals surface area contributed by atoms with Crippen molar-refractivity contribution in [3.63, 3.8) is 0 Å². The number of alkyl halides is 1. The summed E-state index contributed by atoms with van der Waals surface area (Å²) in [5.41, 5.74) is 7.10. The van der Waals surface area contributed by atoms with Crippen molar-refractivity contribution in [3.8, 4) is 34.5 Å². The van der Waals surface area contributed by atoms with E-state index in [4.69, 9.17) is 85.3 Å². The van der Waals surface area contributed by atoms with Gasteiger partial charge in [-0.15, -0.1) is 11.6 Å². The quantitative estimate of drug-likeness (QED) is 0.0242. The number of aromatic amines is 2. The van der Waals surface area contributed by atoms with Gasteiger partial charge in [0.1, 0.15) is 79.6 Å². The number of halogens is 2. The summed E-state index contributed by atoms with van der Waals surface area (Å²) in [4.78, 5) is 56.5. The smallest absolute Gasteiger partial charge is 0.407 e. The Labute approximate surface area is 810 Å². The lowest BCUT2D eigenvalue weighted by Crippen LogP contribution is -2.56. The van der Waals surface area contributed by atoms with Crippen molar-refractivity contribution in [2.24, 2.45) is 0 Å². The number of sulfone groups is 3. The van der Waals surface area contributed by atoms with Gasteiger partial charge in [-0.2, -0.15) is 35.3 Å². The predicted molar refractivity (Wildman–Crippen MR) is 520 cm³/mol.